The number of carbonyl (C=O) groups is 6. The van der Waals surface area contributed by atoms with Crippen molar-refractivity contribution in [1.82, 2.24) is 21.3 Å². The third-order valence-corrected chi connectivity index (χ3v) is 9.00. The minimum absolute atomic E-state index is 0.00110. The standard InChI is InChI=1S/C40H61N7O8/c1-3-4-5-6-7-8-13-31(41)26-43-22-20-33(42)38(52)47-35(39(53)44-23-21-34(40(54)55)46-36(49)14-10-15-37(50)51)25-28-11-9-12-30(24-28)29-16-18-32(19-17-29)45-27(2)48/h9,11-12,16-19,24,31,33-35,43H,3-8,10,13-15,20-23,25-26,41-42H2,1-2H3,(H,44,53)(H,45,48)(H,46,49)(H,47,52)(H,50,51)(H,54,55)/t31-,33-,34+,35+/m0/s1. The van der Waals surface area contributed by atoms with Crippen LogP contribution in [0.4, 0.5) is 5.69 Å². The molecular formula is C40H61N7O8. The van der Waals surface area contributed by atoms with E-state index in [1.165, 1.54) is 32.6 Å². The minimum Gasteiger partial charge on any atom is -0.481 e. The van der Waals surface area contributed by atoms with Gasteiger partial charge in [-0.25, -0.2) is 4.79 Å². The molecule has 0 fully saturated rings. The van der Waals surface area contributed by atoms with Gasteiger partial charge in [0, 0.05) is 51.0 Å². The lowest BCUT2D eigenvalue weighted by molar-refractivity contribution is -0.142. The van der Waals surface area contributed by atoms with E-state index in [-0.39, 0.29) is 50.6 Å². The Morgan fingerprint density at radius 1 is 0.727 bits per heavy atom. The second-order valence-electron chi connectivity index (χ2n) is 13.9. The monoisotopic (exact) mass is 767 g/mol. The van der Waals surface area contributed by atoms with Gasteiger partial charge < -0.3 is 48.3 Å². The molecule has 2 aromatic rings. The van der Waals surface area contributed by atoms with Gasteiger partial charge in [0.1, 0.15) is 12.1 Å². The van der Waals surface area contributed by atoms with Gasteiger partial charge in [-0.2, -0.15) is 0 Å². The van der Waals surface area contributed by atoms with E-state index in [4.69, 9.17) is 16.6 Å². The highest BCUT2D eigenvalue weighted by Gasteiger charge is 2.26. The van der Waals surface area contributed by atoms with E-state index >= 15 is 0 Å². The molecule has 15 heteroatoms. The zero-order valence-corrected chi connectivity index (χ0v) is 32.2. The molecule has 11 N–H and O–H groups in total. The van der Waals surface area contributed by atoms with Crippen molar-refractivity contribution in [2.75, 3.05) is 25.0 Å². The molecule has 0 saturated heterocycles. The summed E-state index contributed by atoms with van der Waals surface area (Å²) < 4.78 is 0. The molecule has 0 aliphatic heterocycles. The first-order chi connectivity index (χ1) is 26.3. The smallest absolute Gasteiger partial charge is 0.326 e. The Hall–Kier alpha value is -4.86. The Morgan fingerprint density at radius 2 is 1.44 bits per heavy atom. The van der Waals surface area contributed by atoms with Gasteiger partial charge in [0.15, 0.2) is 0 Å². The average Bonchev–Trinajstić information content (AvgIpc) is 3.13. The van der Waals surface area contributed by atoms with Gasteiger partial charge in [0.05, 0.1) is 6.04 Å². The highest BCUT2D eigenvalue weighted by atomic mass is 16.4. The number of aliphatic carboxylic acids is 2. The van der Waals surface area contributed by atoms with E-state index in [1.807, 2.05) is 36.4 Å². The molecule has 0 bridgehead atoms. The molecule has 0 aromatic heterocycles. The van der Waals surface area contributed by atoms with Crippen molar-refractivity contribution in [3.05, 3.63) is 54.1 Å². The average molecular weight is 768 g/mol. The molecule has 2 rings (SSSR count). The molecule has 4 amide bonds. The van der Waals surface area contributed by atoms with Crippen LogP contribution in [0, 0.1) is 0 Å². The summed E-state index contributed by atoms with van der Waals surface area (Å²) in [6.45, 7) is 4.54. The van der Waals surface area contributed by atoms with Crippen molar-refractivity contribution in [1.29, 1.82) is 0 Å². The summed E-state index contributed by atoms with van der Waals surface area (Å²) in [5.74, 6) is -4.27. The van der Waals surface area contributed by atoms with E-state index in [1.54, 1.807) is 12.1 Å². The molecule has 304 valence electrons. The number of nitrogens with one attached hydrogen (secondary N) is 5. The predicted molar refractivity (Wildman–Crippen MR) is 212 cm³/mol. The fraction of sp³-hybridized carbons (Fsp3) is 0.550. The molecule has 0 unspecified atom stereocenters. The molecule has 0 spiro atoms. The lowest BCUT2D eigenvalue weighted by atomic mass is 9.98. The molecule has 0 aliphatic rings. The minimum atomic E-state index is -1.32. The summed E-state index contributed by atoms with van der Waals surface area (Å²) in [5, 5.41) is 32.2. The van der Waals surface area contributed by atoms with Crippen LogP contribution in [0.25, 0.3) is 11.1 Å². The fourth-order valence-corrected chi connectivity index (χ4v) is 5.90. The zero-order valence-electron chi connectivity index (χ0n) is 32.2. The van der Waals surface area contributed by atoms with Crippen molar-refractivity contribution < 1.29 is 39.0 Å². The predicted octanol–water partition coefficient (Wildman–Crippen LogP) is 3.05. The van der Waals surface area contributed by atoms with Crippen molar-refractivity contribution in [3.63, 3.8) is 0 Å². The maximum atomic E-state index is 13.5. The topological polar surface area (TPSA) is 255 Å². The molecule has 2 aromatic carbocycles. The number of amides is 4. The summed E-state index contributed by atoms with van der Waals surface area (Å²) in [4.78, 5) is 73.0. The SMILES string of the molecule is CCCCCCCC[C@H](N)CNCC[C@H](N)C(=O)N[C@H](Cc1cccc(-c2ccc(NC(C)=O)cc2)c1)C(=O)NCC[C@@H](NC(=O)CCCC(=O)O)C(=O)O. The Balaban J connectivity index is 2.06. The van der Waals surface area contributed by atoms with Crippen LogP contribution in [0.1, 0.15) is 96.5 Å². The number of anilines is 1. The second kappa shape index (κ2) is 26.0. The van der Waals surface area contributed by atoms with Crippen LogP contribution >= 0.6 is 0 Å². The Kier molecular flexibility index (Phi) is 21.9. The molecule has 4 atom stereocenters. The van der Waals surface area contributed by atoms with Gasteiger partial charge >= 0.3 is 11.9 Å². The summed E-state index contributed by atoms with van der Waals surface area (Å²) in [7, 11) is 0. The zero-order chi connectivity index (χ0) is 40.6. The Morgan fingerprint density at radius 3 is 2.11 bits per heavy atom. The number of carbonyl (C=O) groups excluding carboxylic acids is 4. The molecule has 0 heterocycles. The van der Waals surface area contributed by atoms with Crippen LogP contribution in [0.3, 0.4) is 0 Å². The lowest BCUT2D eigenvalue weighted by Crippen LogP contribution is -2.53. The van der Waals surface area contributed by atoms with Crippen LogP contribution in [0.2, 0.25) is 0 Å². The van der Waals surface area contributed by atoms with E-state index < -0.39 is 47.8 Å². The summed E-state index contributed by atoms with van der Waals surface area (Å²) >= 11 is 0. The summed E-state index contributed by atoms with van der Waals surface area (Å²) in [5.41, 5.74) is 15.6. The van der Waals surface area contributed by atoms with Crippen molar-refractivity contribution >= 4 is 41.3 Å². The first-order valence-corrected chi connectivity index (χ1v) is 19.3. The van der Waals surface area contributed by atoms with Gasteiger partial charge in [-0.05, 0) is 61.1 Å². The number of carboxylic acid groups (broad SMARTS) is 2. The second-order valence-corrected chi connectivity index (χ2v) is 13.9. The maximum absolute atomic E-state index is 13.5. The third kappa shape index (κ3) is 19.9. The Bertz CT molecular complexity index is 1520. The third-order valence-electron chi connectivity index (χ3n) is 9.00. The van der Waals surface area contributed by atoms with E-state index in [0.29, 0.717) is 25.2 Å². The molecule has 15 nitrogen and oxygen atoms in total. The van der Waals surface area contributed by atoms with Gasteiger partial charge in [-0.3, -0.25) is 24.0 Å². The maximum Gasteiger partial charge on any atom is 0.326 e. The number of nitrogens with two attached hydrogens (primary N) is 2. The summed E-state index contributed by atoms with van der Waals surface area (Å²) in [6, 6.07) is 11.4. The normalized spacial score (nSPS) is 13.2. The van der Waals surface area contributed by atoms with Crippen LogP contribution < -0.4 is 38.1 Å². The summed E-state index contributed by atoms with van der Waals surface area (Å²) in [6.07, 6.45) is 8.01. The van der Waals surface area contributed by atoms with Crippen LogP contribution in [-0.2, 0) is 35.2 Å². The number of carboxylic acids is 2. The lowest BCUT2D eigenvalue weighted by Gasteiger charge is -2.22. The molecule has 0 saturated carbocycles. The fourth-order valence-electron chi connectivity index (χ4n) is 5.90. The first kappa shape index (κ1) is 46.3. The van der Waals surface area contributed by atoms with Crippen molar-refractivity contribution in [3.8, 4) is 11.1 Å². The number of benzene rings is 2. The quantitative estimate of drug-likeness (QED) is 0.0569. The van der Waals surface area contributed by atoms with Gasteiger partial charge in [0.2, 0.25) is 23.6 Å². The van der Waals surface area contributed by atoms with Crippen LogP contribution in [0.15, 0.2) is 48.5 Å². The first-order valence-electron chi connectivity index (χ1n) is 19.3. The van der Waals surface area contributed by atoms with Gasteiger partial charge in [-0.1, -0.05) is 81.8 Å². The highest BCUT2D eigenvalue weighted by Crippen LogP contribution is 2.23. The van der Waals surface area contributed by atoms with Crippen molar-refractivity contribution in [2.45, 2.75) is 121 Å². The van der Waals surface area contributed by atoms with Crippen molar-refractivity contribution in [2.24, 2.45) is 11.5 Å². The van der Waals surface area contributed by atoms with Gasteiger partial charge in [-0.15, -0.1) is 0 Å². The number of hydrogen-bond acceptors (Lipinski definition) is 9. The molecule has 0 radical (unpaired) electrons. The molecule has 55 heavy (non-hydrogen) atoms. The highest BCUT2D eigenvalue weighted by molar-refractivity contribution is 5.90. The largest absolute Gasteiger partial charge is 0.481 e. The number of unbranched alkanes of at least 4 members (excludes halogenated alkanes) is 5. The van der Waals surface area contributed by atoms with E-state index in [0.717, 1.165) is 36.0 Å². The number of hydrogen-bond donors (Lipinski definition) is 9. The number of rotatable bonds is 28. The Labute approximate surface area is 324 Å². The van der Waals surface area contributed by atoms with E-state index in [2.05, 4.69) is 33.5 Å². The van der Waals surface area contributed by atoms with Gasteiger partial charge in [0.25, 0.3) is 0 Å². The molecular weight excluding hydrogens is 706 g/mol. The van der Waals surface area contributed by atoms with Crippen LogP contribution in [-0.4, -0.2) is 89.6 Å². The molecule has 0 aliphatic carbocycles. The van der Waals surface area contributed by atoms with Crippen LogP contribution in [0.5, 0.6) is 0 Å². The van der Waals surface area contributed by atoms with E-state index in [9.17, 15) is 33.9 Å².